The Labute approximate surface area is 127 Å². The lowest BCUT2D eigenvalue weighted by Gasteiger charge is -1.93. The van der Waals surface area contributed by atoms with Gasteiger partial charge < -0.3 is 4.42 Å². The van der Waals surface area contributed by atoms with Gasteiger partial charge in [0.2, 0.25) is 5.78 Å². The number of furan rings is 1. The molecule has 104 valence electrons. The van der Waals surface area contributed by atoms with Gasteiger partial charge in [-0.3, -0.25) is 4.79 Å². The van der Waals surface area contributed by atoms with E-state index in [0.29, 0.717) is 10.8 Å². The van der Waals surface area contributed by atoms with Crippen LogP contribution in [0.4, 0.5) is 0 Å². The van der Waals surface area contributed by atoms with Gasteiger partial charge in [0.05, 0.1) is 0 Å². The van der Waals surface area contributed by atoms with Crippen molar-refractivity contribution in [2.24, 2.45) is 0 Å². The average molecular weight is 297 g/mol. The van der Waals surface area contributed by atoms with Crippen LogP contribution in [0.2, 0.25) is 5.02 Å². The largest absolute Gasteiger partial charge is 0.453 e. The molecule has 1 aromatic heterocycles. The standard InChI is InChI=1S/C18H13ClO2/c1-12-2-9-17-14(10-12)11-18(21-17)16(20)8-5-13-3-6-15(19)7-4-13/h2-11H,1H3/b8-5+. The van der Waals surface area contributed by atoms with E-state index in [1.165, 1.54) is 6.08 Å². The molecular weight excluding hydrogens is 284 g/mol. The molecule has 0 aliphatic heterocycles. The summed E-state index contributed by atoms with van der Waals surface area (Å²) in [5, 5.41) is 1.62. The highest BCUT2D eigenvalue weighted by Crippen LogP contribution is 2.21. The number of ketones is 1. The fourth-order valence-corrected chi connectivity index (χ4v) is 2.24. The molecule has 1 heterocycles. The van der Waals surface area contributed by atoms with Crippen LogP contribution in [0.15, 0.2) is 59.0 Å². The van der Waals surface area contributed by atoms with E-state index in [1.807, 2.05) is 37.3 Å². The minimum atomic E-state index is -0.154. The van der Waals surface area contributed by atoms with Crippen LogP contribution < -0.4 is 0 Å². The zero-order chi connectivity index (χ0) is 14.8. The van der Waals surface area contributed by atoms with Crippen LogP contribution in [-0.4, -0.2) is 5.78 Å². The van der Waals surface area contributed by atoms with Crippen molar-refractivity contribution >= 4 is 34.4 Å². The molecule has 3 aromatic rings. The first kappa shape index (κ1) is 13.7. The van der Waals surface area contributed by atoms with Crippen LogP contribution in [0.1, 0.15) is 21.7 Å². The summed E-state index contributed by atoms with van der Waals surface area (Å²) in [7, 11) is 0. The van der Waals surface area contributed by atoms with Crippen molar-refractivity contribution < 1.29 is 9.21 Å². The fourth-order valence-electron chi connectivity index (χ4n) is 2.11. The zero-order valence-electron chi connectivity index (χ0n) is 11.5. The van der Waals surface area contributed by atoms with Crippen molar-refractivity contribution in [2.75, 3.05) is 0 Å². The zero-order valence-corrected chi connectivity index (χ0v) is 12.2. The van der Waals surface area contributed by atoms with E-state index in [-0.39, 0.29) is 5.78 Å². The highest BCUT2D eigenvalue weighted by Gasteiger charge is 2.09. The number of carbonyl (C=O) groups is 1. The number of benzene rings is 2. The molecule has 0 unspecified atom stereocenters. The Morgan fingerprint density at radius 2 is 1.86 bits per heavy atom. The summed E-state index contributed by atoms with van der Waals surface area (Å²) >= 11 is 5.82. The molecule has 0 aliphatic rings. The summed E-state index contributed by atoms with van der Waals surface area (Å²) in [6.45, 7) is 2.01. The lowest BCUT2D eigenvalue weighted by molar-refractivity contribution is 0.102. The van der Waals surface area contributed by atoms with E-state index in [0.717, 1.165) is 22.1 Å². The second-order valence-electron chi connectivity index (χ2n) is 4.90. The molecule has 0 N–H and O–H groups in total. The lowest BCUT2D eigenvalue weighted by atomic mass is 10.1. The summed E-state index contributed by atoms with van der Waals surface area (Å²) < 4.78 is 5.57. The molecule has 21 heavy (non-hydrogen) atoms. The van der Waals surface area contributed by atoms with Gasteiger partial charge in [-0.15, -0.1) is 0 Å². The van der Waals surface area contributed by atoms with Crippen LogP contribution in [0.25, 0.3) is 17.0 Å². The van der Waals surface area contributed by atoms with Gasteiger partial charge >= 0.3 is 0 Å². The normalized spacial score (nSPS) is 11.3. The monoisotopic (exact) mass is 296 g/mol. The summed E-state index contributed by atoms with van der Waals surface area (Å²) in [5.74, 6) is 0.194. The van der Waals surface area contributed by atoms with Gasteiger partial charge in [0.15, 0.2) is 5.76 Å². The topological polar surface area (TPSA) is 30.2 Å². The van der Waals surface area contributed by atoms with E-state index in [4.69, 9.17) is 16.0 Å². The molecule has 0 saturated heterocycles. The van der Waals surface area contributed by atoms with Crippen LogP contribution >= 0.6 is 11.6 Å². The van der Waals surface area contributed by atoms with Gasteiger partial charge in [-0.05, 0) is 48.9 Å². The van der Waals surface area contributed by atoms with Crippen molar-refractivity contribution in [3.8, 4) is 0 Å². The van der Waals surface area contributed by atoms with Crippen LogP contribution in [0, 0.1) is 6.92 Å². The quantitative estimate of drug-likeness (QED) is 0.485. The van der Waals surface area contributed by atoms with Gasteiger partial charge in [-0.2, -0.15) is 0 Å². The maximum atomic E-state index is 12.1. The third-order valence-corrected chi connectivity index (χ3v) is 3.46. The van der Waals surface area contributed by atoms with Crippen molar-refractivity contribution in [1.82, 2.24) is 0 Å². The van der Waals surface area contributed by atoms with Crippen LogP contribution in [0.5, 0.6) is 0 Å². The molecule has 3 heteroatoms. The predicted molar refractivity (Wildman–Crippen MR) is 85.8 cm³/mol. The van der Waals surface area contributed by atoms with Gasteiger partial charge in [-0.25, -0.2) is 0 Å². The molecule has 2 aromatic carbocycles. The van der Waals surface area contributed by atoms with Gasteiger partial charge in [0.1, 0.15) is 5.58 Å². The number of hydrogen-bond acceptors (Lipinski definition) is 2. The Kier molecular flexibility index (Phi) is 3.63. The number of rotatable bonds is 3. The highest BCUT2D eigenvalue weighted by atomic mass is 35.5. The molecule has 0 bridgehead atoms. The fraction of sp³-hybridized carbons (Fsp3) is 0.0556. The van der Waals surface area contributed by atoms with Gasteiger partial charge in [0, 0.05) is 10.4 Å². The second-order valence-corrected chi connectivity index (χ2v) is 5.34. The second kappa shape index (κ2) is 5.58. The van der Waals surface area contributed by atoms with Crippen molar-refractivity contribution in [3.05, 3.63) is 76.5 Å². The van der Waals surface area contributed by atoms with Crippen molar-refractivity contribution in [3.63, 3.8) is 0 Å². The Bertz CT molecular complexity index is 826. The van der Waals surface area contributed by atoms with Crippen LogP contribution in [-0.2, 0) is 0 Å². The van der Waals surface area contributed by atoms with E-state index in [2.05, 4.69) is 0 Å². The van der Waals surface area contributed by atoms with Crippen LogP contribution in [0.3, 0.4) is 0 Å². The average Bonchev–Trinajstić information content (AvgIpc) is 2.89. The summed E-state index contributed by atoms with van der Waals surface area (Å²) in [5.41, 5.74) is 2.78. The third-order valence-electron chi connectivity index (χ3n) is 3.21. The summed E-state index contributed by atoms with van der Waals surface area (Å²) in [4.78, 5) is 12.1. The maximum absolute atomic E-state index is 12.1. The predicted octanol–water partition coefficient (Wildman–Crippen LogP) is 5.29. The van der Waals surface area contributed by atoms with E-state index in [9.17, 15) is 4.79 Å². The van der Waals surface area contributed by atoms with Crippen molar-refractivity contribution in [1.29, 1.82) is 0 Å². The lowest BCUT2D eigenvalue weighted by Crippen LogP contribution is -1.90. The Balaban J connectivity index is 1.84. The first-order valence-corrected chi connectivity index (χ1v) is 6.98. The summed E-state index contributed by atoms with van der Waals surface area (Å²) in [6, 6.07) is 14.9. The molecule has 0 radical (unpaired) electrons. The Morgan fingerprint density at radius 3 is 2.62 bits per heavy atom. The number of halogens is 1. The molecule has 0 amide bonds. The SMILES string of the molecule is Cc1ccc2oc(C(=O)/C=C/c3ccc(Cl)cc3)cc2c1. The highest BCUT2D eigenvalue weighted by molar-refractivity contribution is 6.30. The first-order chi connectivity index (χ1) is 10.1. The number of fused-ring (bicyclic) bond motifs is 1. The number of allylic oxidation sites excluding steroid dienone is 1. The van der Waals surface area contributed by atoms with E-state index in [1.54, 1.807) is 24.3 Å². The third kappa shape index (κ3) is 3.06. The molecule has 0 spiro atoms. The first-order valence-electron chi connectivity index (χ1n) is 6.60. The molecule has 0 atom stereocenters. The van der Waals surface area contributed by atoms with Gasteiger partial charge in [-0.1, -0.05) is 41.4 Å². The number of aryl methyl sites for hydroxylation is 1. The molecule has 3 rings (SSSR count). The van der Waals surface area contributed by atoms with E-state index < -0.39 is 0 Å². The minimum absolute atomic E-state index is 0.154. The molecule has 0 fully saturated rings. The number of carbonyl (C=O) groups excluding carboxylic acids is 1. The summed E-state index contributed by atoms with van der Waals surface area (Å²) in [6.07, 6.45) is 3.25. The molecule has 0 aliphatic carbocycles. The maximum Gasteiger partial charge on any atom is 0.221 e. The number of hydrogen-bond donors (Lipinski definition) is 0. The van der Waals surface area contributed by atoms with Gasteiger partial charge in [0.25, 0.3) is 0 Å². The minimum Gasteiger partial charge on any atom is -0.453 e. The smallest absolute Gasteiger partial charge is 0.221 e. The van der Waals surface area contributed by atoms with E-state index >= 15 is 0 Å². The molecule has 2 nitrogen and oxygen atoms in total. The Morgan fingerprint density at radius 1 is 1.10 bits per heavy atom. The van der Waals surface area contributed by atoms with Crippen molar-refractivity contribution in [2.45, 2.75) is 6.92 Å². The molecule has 0 saturated carbocycles. The Hall–Kier alpha value is -2.32. The molecular formula is C18H13ClO2.